The second kappa shape index (κ2) is 5.76. The van der Waals surface area contributed by atoms with E-state index >= 15 is 0 Å². The van der Waals surface area contributed by atoms with Crippen LogP contribution in [0.2, 0.25) is 0 Å². The maximum Gasteiger partial charge on any atom is 0.408 e. The number of nitriles is 1. The van der Waals surface area contributed by atoms with E-state index in [-0.39, 0.29) is 24.1 Å². The summed E-state index contributed by atoms with van der Waals surface area (Å²) >= 11 is 0. The molecule has 1 aliphatic rings. The molecule has 0 aliphatic heterocycles. The topological polar surface area (TPSA) is 61.9 Å². The molecule has 1 heterocycles. The Labute approximate surface area is 119 Å². The van der Waals surface area contributed by atoms with Crippen LogP contribution in [0.25, 0.3) is 0 Å². The van der Waals surface area contributed by atoms with Crippen molar-refractivity contribution < 1.29 is 18.0 Å². The third-order valence-electron chi connectivity index (χ3n) is 3.20. The van der Waals surface area contributed by atoms with Crippen molar-refractivity contribution in [2.45, 2.75) is 51.0 Å². The lowest BCUT2D eigenvalue weighted by atomic mass is 10.2. The quantitative estimate of drug-likeness (QED) is 0.834. The first kappa shape index (κ1) is 15.4. The molecule has 0 aromatic carbocycles. The summed E-state index contributed by atoms with van der Waals surface area (Å²) in [7, 11) is 0. The lowest BCUT2D eigenvalue weighted by Crippen LogP contribution is -2.40. The van der Waals surface area contributed by atoms with Gasteiger partial charge in [0.1, 0.15) is 12.6 Å². The van der Waals surface area contributed by atoms with E-state index in [1.54, 1.807) is 6.92 Å². The van der Waals surface area contributed by atoms with Gasteiger partial charge in [-0.05, 0) is 25.8 Å². The normalized spacial score (nSPS) is 16.3. The second-order valence-electron chi connectivity index (χ2n) is 5.13. The molecule has 114 valence electrons. The van der Waals surface area contributed by atoms with Crippen LogP contribution in [0, 0.1) is 11.3 Å². The largest absolute Gasteiger partial charge is 0.408 e. The Morgan fingerprint density at radius 2 is 2.29 bits per heavy atom. The summed E-state index contributed by atoms with van der Waals surface area (Å²) in [5, 5.41) is 12.7. The first-order valence-electron chi connectivity index (χ1n) is 6.60. The van der Waals surface area contributed by atoms with E-state index in [2.05, 4.69) is 5.10 Å². The Bertz CT molecular complexity index is 556. The number of hydrogen-bond donors (Lipinski definition) is 0. The Morgan fingerprint density at radius 3 is 2.81 bits per heavy atom. The molecule has 1 aromatic rings. The molecule has 5 nitrogen and oxygen atoms in total. The van der Waals surface area contributed by atoms with E-state index in [4.69, 9.17) is 5.26 Å². The summed E-state index contributed by atoms with van der Waals surface area (Å²) in [5.74, 6) is -0.274. The molecule has 1 atom stereocenters. The molecule has 1 aliphatic carbocycles. The predicted molar refractivity (Wildman–Crippen MR) is 66.9 cm³/mol. The number of amides is 1. The SMILES string of the molecule is CC(C#N)N(C(=O)Cc1ccn(CC(F)(F)F)n1)C1CC1. The lowest BCUT2D eigenvalue weighted by molar-refractivity contribution is -0.142. The van der Waals surface area contributed by atoms with Gasteiger partial charge in [0.25, 0.3) is 0 Å². The Kier molecular flexibility index (Phi) is 4.21. The molecule has 2 rings (SSSR count). The van der Waals surface area contributed by atoms with Gasteiger partial charge in [-0.15, -0.1) is 0 Å². The number of rotatable bonds is 5. The van der Waals surface area contributed by atoms with Gasteiger partial charge in [0.15, 0.2) is 0 Å². The molecule has 21 heavy (non-hydrogen) atoms. The fourth-order valence-electron chi connectivity index (χ4n) is 2.17. The molecular formula is C13H15F3N4O. The summed E-state index contributed by atoms with van der Waals surface area (Å²) in [6, 6.07) is 2.95. The third-order valence-corrected chi connectivity index (χ3v) is 3.20. The van der Waals surface area contributed by atoms with Gasteiger partial charge in [0.05, 0.1) is 18.2 Å². The van der Waals surface area contributed by atoms with Crippen molar-refractivity contribution in [1.82, 2.24) is 14.7 Å². The standard InChI is InChI=1S/C13H15F3N4O/c1-9(7-17)20(11-2-3-11)12(21)6-10-4-5-19(18-10)8-13(14,15)16/h4-5,9,11H,2-3,6,8H2,1H3. The maximum atomic E-state index is 12.2. The van der Waals surface area contributed by atoms with Gasteiger partial charge in [-0.1, -0.05) is 0 Å². The highest BCUT2D eigenvalue weighted by Crippen LogP contribution is 2.29. The first-order chi connectivity index (χ1) is 9.80. The van der Waals surface area contributed by atoms with Crippen molar-refractivity contribution in [3.8, 4) is 6.07 Å². The van der Waals surface area contributed by atoms with Crippen LogP contribution in [-0.2, 0) is 17.8 Å². The number of halogens is 3. The molecule has 1 saturated carbocycles. The van der Waals surface area contributed by atoms with Crippen molar-refractivity contribution in [2.24, 2.45) is 0 Å². The maximum absolute atomic E-state index is 12.2. The van der Waals surface area contributed by atoms with Crippen LogP contribution in [0.4, 0.5) is 13.2 Å². The summed E-state index contributed by atoms with van der Waals surface area (Å²) in [5.41, 5.74) is 0.278. The number of carbonyl (C=O) groups excluding carboxylic acids is 1. The summed E-state index contributed by atoms with van der Waals surface area (Å²) in [6.07, 6.45) is -1.51. The molecule has 0 spiro atoms. The minimum absolute atomic E-state index is 0.0735. The van der Waals surface area contributed by atoms with Crippen LogP contribution in [0.3, 0.4) is 0 Å². The predicted octanol–water partition coefficient (Wildman–Crippen LogP) is 1.89. The van der Waals surface area contributed by atoms with Gasteiger partial charge in [-0.25, -0.2) is 0 Å². The summed E-state index contributed by atoms with van der Waals surface area (Å²) in [4.78, 5) is 13.7. The molecule has 1 fully saturated rings. The van der Waals surface area contributed by atoms with Crippen LogP contribution < -0.4 is 0 Å². The van der Waals surface area contributed by atoms with Gasteiger partial charge in [-0.3, -0.25) is 9.48 Å². The third kappa shape index (κ3) is 4.21. The molecule has 1 aromatic heterocycles. The summed E-state index contributed by atoms with van der Waals surface area (Å²) < 4.78 is 37.5. The molecular weight excluding hydrogens is 285 g/mol. The van der Waals surface area contributed by atoms with Gasteiger partial charge in [0, 0.05) is 12.2 Å². The molecule has 0 saturated heterocycles. The van der Waals surface area contributed by atoms with Crippen molar-refractivity contribution >= 4 is 5.91 Å². The van der Waals surface area contributed by atoms with Gasteiger partial charge < -0.3 is 4.90 Å². The van der Waals surface area contributed by atoms with E-state index in [9.17, 15) is 18.0 Å². The smallest absolute Gasteiger partial charge is 0.324 e. The highest BCUT2D eigenvalue weighted by atomic mass is 19.4. The second-order valence-corrected chi connectivity index (χ2v) is 5.13. The van der Waals surface area contributed by atoms with Crippen molar-refractivity contribution in [1.29, 1.82) is 5.26 Å². The fourth-order valence-corrected chi connectivity index (χ4v) is 2.17. The lowest BCUT2D eigenvalue weighted by Gasteiger charge is -2.24. The Morgan fingerprint density at radius 1 is 1.62 bits per heavy atom. The van der Waals surface area contributed by atoms with Gasteiger partial charge in [0.2, 0.25) is 5.91 Å². The van der Waals surface area contributed by atoms with Crippen LogP contribution in [0.1, 0.15) is 25.5 Å². The molecule has 8 heteroatoms. The Balaban J connectivity index is 2.00. The molecule has 0 bridgehead atoms. The van der Waals surface area contributed by atoms with Crippen molar-refractivity contribution in [3.05, 3.63) is 18.0 Å². The van der Waals surface area contributed by atoms with Crippen molar-refractivity contribution in [3.63, 3.8) is 0 Å². The molecule has 0 N–H and O–H groups in total. The van der Waals surface area contributed by atoms with Gasteiger partial charge in [-0.2, -0.15) is 23.5 Å². The fraction of sp³-hybridized carbons (Fsp3) is 0.615. The van der Waals surface area contributed by atoms with Crippen LogP contribution in [0.15, 0.2) is 12.3 Å². The highest BCUT2D eigenvalue weighted by Gasteiger charge is 2.36. The number of carbonyl (C=O) groups is 1. The molecule has 1 unspecified atom stereocenters. The van der Waals surface area contributed by atoms with Crippen molar-refractivity contribution in [2.75, 3.05) is 0 Å². The van der Waals surface area contributed by atoms with Gasteiger partial charge >= 0.3 is 6.18 Å². The number of nitrogens with zero attached hydrogens (tertiary/aromatic N) is 4. The first-order valence-corrected chi connectivity index (χ1v) is 6.60. The minimum atomic E-state index is -4.34. The number of aromatic nitrogens is 2. The average molecular weight is 300 g/mol. The summed E-state index contributed by atoms with van der Waals surface area (Å²) in [6.45, 7) is 0.459. The zero-order valence-electron chi connectivity index (χ0n) is 11.5. The zero-order valence-corrected chi connectivity index (χ0v) is 11.5. The Hall–Kier alpha value is -2.04. The van der Waals surface area contributed by atoms with Crippen LogP contribution >= 0.6 is 0 Å². The molecule has 1 amide bonds. The van der Waals surface area contributed by atoms with E-state index < -0.39 is 18.8 Å². The van der Waals surface area contributed by atoms with Crippen LogP contribution in [-0.4, -0.2) is 38.8 Å². The van der Waals surface area contributed by atoms with Crippen LogP contribution in [0.5, 0.6) is 0 Å². The van der Waals surface area contributed by atoms with E-state index in [0.29, 0.717) is 0 Å². The number of hydrogen-bond acceptors (Lipinski definition) is 3. The zero-order chi connectivity index (χ0) is 15.6. The van der Waals surface area contributed by atoms with E-state index in [1.165, 1.54) is 17.2 Å². The number of alkyl halides is 3. The van der Waals surface area contributed by atoms with E-state index in [0.717, 1.165) is 17.5 Å². The average Bonchev–Trinajstić information content (AvgIpc) is 3.10. The molecule has 0 radical (unpaired) electrons. The highest BCUT2D eigenvalue weighted by molar-refractivity contribution is 5.79. The van der Waals surface area contributed by atoms with E-state index in [1.807, 2.05) is 6.07 Å². The monoisotopic (exact) mass is 300 g/mol. The minimum Gasteiger partial charge on any atom is -0.324 e.